The second kappa shape index (κ2) is 6.80. The molecule has 1 aromatic rings. The first-order chi connectivity index (χ1) is 9.22. The van der Waals surface area contributed by atoms with E-state index >= 15 is 0 Å². The SMILES string of the molecule is CCC1CCCN(Cc2ccc(O)c(OC)c2)CC1. The van der Waals surface area contributed by atoms with Gasteiger partial charge in [0.25, 0.3) is 0 Å². The van der Waals surface area contributed by atoms with Crippen LogP contribution in [0.25, 0.3) is 0 Å². The fourth-order valence-electron chi connectivity index (χ4n) is 2.87. The quantitative estimate of drug-likeness (QED) is 0.903. The third-order valence-electron chi connectivity index (χ3n) is 4.17. The third-order valence-corrected chi connectivity index (χ3v) is 4.17. The van der Waals surface area contributed by atoms with Gasteiger partial charge in [-0.1, -0.05) is 19.4 Å². The number of hydrogen-bond acceptors (Lipinski definition) is 3. The van der Waals surface area contributed by atoms with E-state index in [2.05, 4.69) is 11.8 Å². The molecule has 106 valence electrons. The molecule has 19 heavy (non-hydrogen) atoms. The first-order valence-corrected chi connectivity index (χ1v) is 7.31. The maximum Gasteiger partial charge on any atom is 0.160 e. The minimum atomic E-state index is 0.216. The summed E-state index contributed by atoms with van der Waals surface area (Å²) in [7, 11) is 1.59. The lowest BCUT2D eigenvalue weighted by molar-refractivity contribution is 0.271. The van der Waals surface area contributed by atoms with Crippen molar-refractivity contribution < 1.29 is 9.84 Å². The van der Waals surface area contributed by atoms with Crippen LogP contribution in [0.2, 0.25) is 0 Å². The molecule has 1 heterocycles. The topological polar surface area (TPSA) is 32.7 Å². The van der Waals surface area contributed by atoms with Gasteiger partial charge in [0.2, 0.25) is 0 Å². The molecule has 1 aromatic carbocycles. The van der Waals surface area contributed by atoms with Crippen LogP contribution >= 0.6 is 0 Å². The number of rotatable bonds is 4. The predicted octanol–water partition coefficient (Wildman–Crippen LogP) is 3.41. The second-order valence-electron chi connectivity index (χ2n) is 5.49. The van der Waals surface area contributed by atoms with Crippen LogP contribution in [0.5, 0.6) is 11.5 Å². The first kappa shape index (κ1) is 14.2. The largest absolute Gasteiger partial charge is 0.504 e. The highest BCUT2D eigenvalue weighted by atomic mass is 16.5. The Morgan fingerprint density at radius 1 is 1.32 bits per heavy atom. The zero-order valence-electron chi connectivity index (χ0n) is 12.1. The number of aromatic hydroxyl groups is 1. The van der Waals surface area contributed by atoms with Crippen molar-refractivity contribution in [3.8, 4) is 11.5 Å². The molecule has 0 amide bonds. The fraction of sp³-hybridized carbons (Fsp3) is 0.625. The average molecular weight is 263 g/mol. The van der Waals surface area contributed by atoms with E-state index in [1.165, 1.54) is 44.3 Å². The zero-order valence-corrected chi connectivity index (χ0v) is 12.1. The van der Waals surface area contributed by atoms with E-state index in [0.717, 1.165) is 12.5 Å². The van der Waals surface area contributed by atoms with Gasteiger partial charge in [0.15, 0.2) is 11.5 Å². The zero-order chi connectivity index (χ0) is 13.7. The van der Waals surface area contributed by atoms with Gasteiger partial charge < -0.3 is 9.84 Å². The summed E-state index contributed by atoms with van der Waals surface area (Å²) in [6.07, 6.45) is 5.28. The summed E-state index contributed by atoms with van der Waals surface area (Å²) in [6, 6.07) is 5.65. The second-order valence-corrected chi connectivity index (χ2v) is 5.49. The summed E-state index contributed by atoms with van der Waals surface area (Å²) in [4.78, 5) is 2.52. The molecule has 1 unspecified atom stereocenters. The van der Waals surface area contributed by atoms with Crippen LogP contribution in [-0.2, 0) is 6.54 Å². The molecule has 0 saturated carbocycles. The van der Waals surface area contributed by atoms with Crippen LogP contribution in [0.3, 0.4) is 0 Å². The number of ether oxygens (including phenoxy) is 1. The standard InChI is InChI=1S/C16H25NO2/c1-3-13-5-4-9-17(10-8-13)12-14-6-7-15(18)16(11-14)19-2/h6-7,11,13,18H,3-5,8-10,12H2,1-2H3. The van der Waals surface area contributed by atoms with E-state index in [4.69, 9.17) is 4.74 Å². The number of hydrogen-bond donors (Lipinski definition) is 1. The van der Waals surface area contributed by atoms with Gasteiger partial charge in [0.05, 0.1) is 7.11 Å². The van der Waals surface area contributed by atoms with E-state index < -0.39 is 0 Å². The summed E-state index contributed by atoms with van der Waals surface area (Å²) in [5, 5.41) is 9.61. The number of likely N-dealkylation sites (tertiary alicyclic amines) is 1. The molecule has 0 aromatic heterocycles. The van der Waals surface area contributed by atoms with Crippen LogP contribution in [0, 0.1) is 5.92 Å². The average Bonchev–Trinajstić information content (AvgIpc) is 2.66. The molecule has 1 aliphatic heterocycles. The summed E-state index contributed by atoms with van der Waals surface area (Å²) >= 11 is 0. The van der Waals surface area contributed by atoms with Crippen molar-refractivity contribution in [1.29, 1.82) is 0 Å². The smallest absolute Gasteiger partial charge is 0.160 e. The van der Waals surface area contributed by atoms with Gasteiger partial charge in [0.1, 0.15) is 0 Å². The van der Waals surface area contributed by atoms with Gasteiger partial charge in [-0.15, -0.1) is 0 Å². The Morgan fingerprint density at radius 3 is 2.89 bits per heavy atom. The van der Waals surface area contributed by atoms with Gasteiger partial charge in [-0.25, -0.2) is 0 Å². The maximum absolute atomic E-state index is 9.61. The van der Waals surface area contributed by atoms with Crippen LogP contribution < -0.4 is 4.74 Å². The molecule has 1 atom stereocenters. The molecule has 1 saturated heterocycles. The lowest BCUT2D eigenvalue weighted by Gasteiger charge is -2.20. The van der Waals surface area contributed by atoms with Crippen molar-refractivity contribution in [3.63, 3.8) is 0 Å². The number of benzene rings is 1. The molecule has 2 rings (SSSR count). The Kier molecular flexibility index (Phi) is 5.08. The van der Waals surface area contributed by atoms with E-state index in [1.54, 1.807) is 13.2 Å². The minimum absolute atomic E-state index is 0.216. The highest BCUT2D eigenvalue weighted by Gasteiger charge is 2.16. The van der Waals surface area contributed by atoms with Crippen molar-refractivity contribution in [1.82, 2.24) is 4.90 Å². The van der Waals surface area contributed by atoms with Crippen molar-refractivity contribution in [2.24, 2.45) is 5.92 Å². The van der Waals surface area contributed by atoms with Crippen molar-refractivity contribution in [2.45, 2.75) is 39.2 Å². The van der Waals surface area contributed by atoms with E-state index in [0.29, 0.717) is 5.75 Å². The molecule has 3 nitrogen and oxygen atoms in total. The summed E-state index contributed by atoms with van der Waals surface area (Å²) in [5.74, 6) is 1.69. The number of phenolic OH excluding ortho intramolecular Hbond substituents is 1. The molecule has 0 bridgehead atoms. The first-order valence-electron chi connectivity index (χ1n) is 7.31. The summed E-state index contributed by atoms with van der Waals surface area (Å²) < 4.78 is 5.17. The lowest BCUT2D eigenvalue weighted by Crippen LogP contribution is -2.24. The predicted molar refractivity (Wildman–Crippen MR) is 77.6 cm³/mol. The van der Waals surface area contributed by atoms with E-state index in [-0.39, 0.29) is 5.75 Å². The summed E-state index contributed by atoms with van der Waals surface area (Å²) in [6.45, 7) is 5.61. The number of methoxy groups -OCH3 is 1. The highest BCUT2D eigenvalue weighted by Crippen LogP contribution is 2.27. The fourth-order valence-corrected chi connectivity index (χ4v) is 2.87. The maximum atomic E-state index is 9.61. The normalized spacial score (nSPS) is 21.1. The van der Waals surface area contributed by atoms with Crippen LogP contribution in [-0.4, -0.2) is 30.2 Å². The summed E-state index contributed by atoms with van der Waals surface area (Å²) in [5.41, 5.74) is 1.21. The Labute approximate surface area is 116 Å². The minimum Gasteiger partial charge on any atom is -0.504 e. The highest BCUT2D eigenvalue weighted by molar-refractivity contribution is 5.41. The van der Waals surface area contributed by atoms with Crippen molar-refractivity contribution in [3.05, 3.63) is 23.8 Å². The Morgan fingerprint density at radius 2 is 2.16 bits per heavy atom. The molecule has 0 radical (unpaired) electrons. The molecular weight excluding hydrogens is 238 g/mol. The molecule has 0 spiro atoms. The number of nitrogens with zero attached hydrogens (tertiary/aromatic N) is 1. The van der Waals surface area contributed by atoms with Crippen LogP contribution in [0.15, 0.2) is 18.2 Å². The van der Waals surface area contributed by atoms with Crippen molar-refractivity contribution >= 4 is 0 Å². The number of phenols is 1. The Hall–Kier alpha value is -1.22. The van der Waals surface area contributed by atoms with Gasteiger partial charge in [-0.2, -0.15) is 0 Å². The Bertz CT molecular complexity index is 406. The van der Waals surface area contributed by atoms with Gasteiger partial charge >= 0.3 is 0 Å². The van der Waals surface area contributed by atoms with E-state index in [1.807, 2.05) is 12.1 Å². The molecule has 1 N–H and O–H groups in total. The molecular formula is C16H25NO2. The third kappa shape index (κ3) is 3.87. The molecule has 1 aliphatic rings. The van der Waals surface area contributed by atoms with Crippen LogP contribution in [0.1, 0.15) is 38.2 Å². The van der Waals surface area contributed by atoms with E-state index in [9.17, 15) is 5.11 Å². The van der Waals surface area contributed by atoms with Crippen LogP contribution in [0.4, 0.5) is 0 Å². The Balaban J connectivity index is 1.97. The molecule has 3 heteroatoms. The van der Waals surface area contributed by atoms with Gasteiger partial charge in [-0.3, -0.25) is 4.90 Å². The molecule has 0 aliphatic carbocycles. The lowest BCUT2D eigenvalue weighted by atomic mass is 9.98. The van der Waals surface area contributed by atoms with Crippen molar-refractivity contribution in [2.75, 3.05) is 20.2 Å². The van der Waals surface area contributed by atoms with Gasteiger partial charge in [0, 0.05) is 6.54 Å². The van der Waals surface area contributed by atoms with Gasteiger partial charge in [-0.05, 0) is 56.0 Å². The monoisotopic (exact) mass is 263 g/mol. The molecule has 1 fully saturated rings.